The molecule has 0 saturated heterocycles. The van der Waals surface area contributed by atoms with E-state index in [9.17, 15) is 14.7 Å². The van der Waals surface area contributed by atoms with Gasteiger partial charge in [0.2, 0.25) is 0 Å². The van der Waals surface area contributed by atoms with Crippen molar-refractivity contribution in [2.75, 3.05) is 6.54 Å². The highest BCUT2D eigenvalue weighted by Crippen LogP contribution is 2.38. The second-order valence-corrected chi connectivity index (χ2v) is 7.14. The highest BCUT2D eigenvalue weighted by atomic mass is 16.4. The molecule has 0 heterocycles. The van der Waals surface area contributed by atoms with Crippen LogP contribution >= 0.6 is 0 Å². The number of hydrogen-bond donors (Lipinski definition) is 3. The molecule has 5 heteroatoms. The van der Waals surface area contributed by atoms with Gasteiger partial charge in [0.25, 0.3) is 0 Å². The van der Waals surface area contributed by atoms with Gasteiger partial charge in [0.1, 0.15) is 0 Å². The molecule has 0 spiro atoms. The molecule has 0 aromatic heterocycles. The molecular formula is C15H28N2O3. The SMILES string of the molecule is CC(C)C(C)(C)CNC(=O)NC1CCCC1(C)C(=O)O. The van der Waals surface area contributed by atoms with Crippen molar-refractivity contribution in [3.8, 4) is 0 Å². The molecule has 1 fully saturated rings. The molecule has 116 valence electrons. The number of amides is 2. The molecule has 1 aliphatic carbocycles. The van der Waals surface area contributed by atoms with Gasteiger partial charge >= 0.3 is 12.0 Å². The van der Waals surface area contributed by atoms with Crippen molar-refractivity contribution in [2.24, 2.45) is 16.7 Å². The minimum Gasteiger partial charge on any atom is -0.481 e. The van der Waals surface area contributed by atoms with Gasteiger partial charge < -0.3 is 15.7 Å². The van der Waals surface area contributed by atoms with Crippen molar-refractivity contribution in [3.63, 3.8) is 0 Å². The summed E-state index contributed by atoms with van der Waals surface area (Å²) in [5.41, 5.74) is -0.825. The number of nitrogens with one attached hydrogen (secondary N) is 2. The molecule has 0 aromatic rings. The van der Waals surface area contributed by atoms with Crippen LogP contribution in [0.5, 0.6) is 0 Å². The Kier molecular flexibility index (Phi) is 5.05. The molecule has 2 atom stereocenters. The van der Waals surface area contributed by atoms with Gasteiger partial charge in [-0.25, -0.2) is 4.79 Å². The van der Waals surface area contributed by atoms with Gasteiger partial charge in [-0.2, -0.15) is 0 Å². The van der Waals surface area contributed by atoms with Gasteiger partial charge in [-0.3, -0.25) is 4.79 Å². The van der Waals surface area contributed by atoms with Crippen molar-refractivity contribution in [3.05, 3.63) is 0 Å². The maximum absolute atomic E-state index is 12.0. The van der Waals surface area contributed by atoms with Crippen molar-refractivity contribution >= 4 is 12.0 Å². The molecule has 0 aliphatic heterocycles. The third kappa shape index (κ3) is 3.64. The van der Waals surface area contributed by atoms with E-state index in [2.05, 4.69) is 38.3 Å². The molecule has 5 nitrogen and oxygen atoms in total. The van der Waals surface area contributed by atoms with Crippen LogP contribution in [0.1, 0.15) is 53.9 Å². The lowest BCUT2D eigenvalue weighted by Gasteiger charge is -2.31. The molecule has 1 rings (SSSR count). The predicted molar refractivity (Wildman–Crippen MR) is 78.5 cm³/mol. The first-order valence-corrected chi connectivity index (χ1v) is 7.37. The van der Waals surface area contributed by atoms with Crippen molar-refractivity contribution in [1.29, 1.82) is 0 Å². The summed E-state index contributed by atoms with van der Waals surface area (Å²) in [7, 11) is 0. The van der Waals surface area contributed by atoms with Gasteiger partial charge in [-0.1, -0.05) is 34.1 Å². The van der Waals surface area contributed by atoms with Crippen LogP contribution < -0.4 is 10.6 Å². The smallest absolute Gasteiger partial charge is 0.315 e. The summed E-state index contributed by atoms with van der Waals surface area (Å²) in [4.78, 5) is 23.3. The molecule has 20 heavy (non-hydrogen) atoms. The van der Waals surface area contributed by atoms with Gasteiger partial charge in [-0.05, 0) is 31.1 Å². The fourth-order valence-corrected chi connectivity index (χ4v) is 2.38. The molecule has 0 radical (unpaired) electrons. The van der Waals surface area contributed by atoms with E-state index in [0.717, 1.165) is 12.8 Å². The summed E-state index contributed by atoms with van der Waals surface area (Å²) >= 11 is 0. The number of carboxylic acids is 1. The standard InChI is InChI=1S/C15H28N2O3/c1-10(2)14(3,4)9-16-13(20)17-11-7-6-8-15(11,5)12(18)19/h10-11H,6-9H2,1-5H3,(H,18,19)(H2,16,17,20). The predicted octanol–water partition coefficient (Wildman–Crippen LogP) is 2.61. The minimum absolute atomic E-state index is 0.0170. The summed E-state index contributed by atoms with van der Waals surface area (Å²) in [6.07, 6.45) is 2.18. The van der Waals surface area contributed by atoms with Crippen molar-refractivity contribution in [2.45, 2.75) is 59.9 Å². The maximum atomic E-state index is 12.0. The van der Waals surface area contributed by atoms with Crippen LogP contribution in [0.2, 0.25) is 0 Å². The monoisotopic (exact) mass is 284 g/mol. The van der Waals surface area contributed by atoms with Crippen LogP contribution in [0, 0.1) is 16.7 Å². The molecule has 0 bridgehead atoms. The van der Waals surface area contributed by atoms with Crippen LogP contribution in [0.4, 0.5) is 4.79 Å². The van der Waals surface area contributed by atoms with Crippen molar-refractivity contribution < 1.29 is 14.7 Å². The zero-order chi connectivity index (χ0) is 15.6. The Labute approximate surface area is 121 Å². The van der Waals surface area contributed by atoms with E-state index in [0.29, 0.717) is 18.9 Å². The van der Waals surface area contributed by atoms with E-state index in [1.165, 1.54) is 0 Å². The zero-order valence-electron chi connectivity index (χ0n) is 13.2. The molecule has 2 amide bonds. The van der Waals surface area contributed by atoms with Crippen LogP contribution in [0.3, 0.4) is 0 Å². The van der Waals surface area contributed by atoms with E-state index in [4.69, 9.17) is 0 Å². The quantitative estimate of drug-likeness (QED) is 0.726. The van der Waals surface area contributed by atoms with Gasteiger partial charge in [0.15, 0.2) is 0 Å². The third-order valence-electron chi connectivity index (χ3n) is 5.02. The Morgan fingerprint density at radius 2 is 2.00 bits per heavy atom. The molecule has 3 N–H and O–H groups in total. The number of rotatable bonds is 5. The first-order chi connectivity index (χ1) is 9.09. The summed E-state index contributed by atoms with van der Waals surface area (Å²) in [6.45, 7) is 10.7. The average Bonchev–Trinajstić information content (AvgIpc) is 2.70. The summed E-state index contributed by atoms with van der Waals surface area (Å²) < 4.78 is 0. The van der Waals surface area contributed by atoms with Gasteiger partial charge in [0, 0.05) is 12.6 Å². The lowest BCUT2D eigenvalue weighted by molar-refractivity contribution is -0.148. The fraction of sp³-hybridized carbons (Fsp3) is 0.867. The number of urea groups is 1. The van der Waals surface area contributed by atoms with Crippen LogP contribution in [0.25, 0.3) is 0 Å². The Balaban J connectivity index is 2.53. The average molecular weight is 284 g/mol. The van der Waals surface area contributed by atoms with Crippen LogP contribution in [-0.4, -0.2) is 29.7 Å². The first-order valence-electron chi connectivity index (χ1n) is 7.37. The molecule has 1 aliphatic rings. The van der Waals surface area contributed by atoms with Gasteiger partial charge in [0.05, 0.1) is 5.41 Å². The topological polar surface area (TPSA) is 78.4 Å². The lowest BCUT2D eigenvalue weighted by Crippen LogP contribution is -2.51. The van der Waals surface area contributed by atoms with E-state index in [1.807, 2.05) is 0 Å². The van der Waals surface area contributed by atoms with E-state index < -0.39 is 11.4 Å². The third-order valence-corrected chi connectivity index (χ3v) is 5.02. The van der Waals surface area contributed by atoms with E-state index >= 15 is 0 Å². The summed E-state index contributed by atoms with van der Waals surface area (Å²) in [5.74, 6) is -0.374. The highest BCUT2D eigenvalue weighted by molar-refractivity contribution is 5.79. The summed E-state index contributed by atoms with van der Waals surface area (Å²) in [6, 6.07) is -0.555. The Morgan fingerprint density at radius 3 is 2.50 bits per heavy atom. The normalized spacial score (nSPS) is 26.6. The summed E-state index contributed by atoms with van der Waals surface area (Å²) in [5, 5.41) is 15.0. The molecule has 2 unspecified atom stereocenters. The highest BCUT2D eigenvalue weighted by Gasteiger charge is 2.45. The molecule has 1 saturated carbocycles. The number of aliphatic carboxylic acids is 1. The second-order valence-electron chi connectivity index (χ2n) is 7.14. The maximum Gasteiger partial charge on any atom is 0.315 e. The van der Waals surface area contributed by atoms with E-state index in [1.54, 1.807) is 6.92 Å². The zero-order valence-corrected chi connectivity index (χ0v) is 13.2. The Hall–Kier alpha value is -1.26. The largest absolute Gasteiger partial charge is 0.481 e. The minimum atomic E-state index is -0.842. The number of carboxylic acid groups (broad SMARTS) is 1. The molecule has 0 aromatic carbocycles. The van der Waals surface area contributed by atoms with Crippen LogP contribution in [0.15, 0.2) is 0 Å². The van der Waals surface area contributed by atoms with Crippen molar-refractivity contribution in [1.82, 2.24) is 10.6 Å². The first kappa shape index (κ1) is 16.8. The fourth-order valence-electron chi connectivity index (χ4n) is 2.38. The Bertz CT molecular complexity index is 379. The van der Waals surface area contributed by atoms with Gasteiger partial charge in [-0.15, -0.1) is 0 Å². The Morgan fingerprint density at radius 1 is 1.40 bits per heavy atom. The number of hydrogen-bond acceptors (Lipinski definition) is 2. The lowest BCUT2D eigenvalue weighted by atomic mass is 9.81. The van der Waals surface area contributed by atoms with Crippen LogP contribution in [-0.2, 0) is 4.79 Å². The second kappa shape index (κ2) is 6.02. The number of carbonyl (C=O) groups excluding carboxylic acids is 1. The van der Waals surface area contributed by atoms with E-state index in [-0.39, 0.29) is 17.5 Å². The number of carbonyl (C=O) groups is 2. The molecular weight excluding hydrogens is 256 g/mol.